The first-order chi connectivity index (χ1) is 12.4. The molecule has 1 amide bonds. The van der Waals surface area contributed by atoms with Gasteiger partial charge in [0.25, 0.3) is 0 Å². The number of aromatic amines is 1. The van der Waals surface area contributed by atoms with Crippen molar-refractivity contribution in [2.75, 3.05) is 6.54 Å². The van der Waals surface area contributed by atoms with Gasteiger partial charge in [0, 0.05) is 30.8 Å². The van der Waals surface area contributed by atoms with E-state index in [9.17, 15) is 4.79 Å². The van der Waals surface area contributed by atoms with E-state index in [2.05, 4.69) is 34.2 Å². The van der Waals surface area contributed by atoms with Gasteiger partial charge in [0.15, 0.2) is 0 Å². The first-order valence-electron chi connectivity index (χ1n) is 9.17. The van der Waals surface area contributed by atoms with Gasteiger partial charge in [-0.2, -0.15) is 5.10 Å². The monoisotopic (exact) mass is 353 g/mol. The Bertz CT molecular complexity index is 873. The number of nitrogens with zero attached hydrogens (tertiary/aromatic N) is 3. The highest BCUT2D eigenvalue weighted by atomic mass is 16.1. The molecule has 6 nitrogen and oxygen atoms in total. The highest BCUT2D eigenvalue weighted by Gasteiger charge is 2.15. The van der Waals surface area contributed by atoms with Crippen LogP contribution in [0.25, 0.3) is 11.0 Å². The highest BCUT2D eigenvalue weighted by Crippen LogP contribution is 2.15. The molecule has 6 heteroatoms. The largest absolute Gasteiger partial charge is 0.355 e. The van der Waals surface area contributed by atoms with Gasteiger partial charge >= 0.3 is 0 Å². The van der Waals surface area contributed by atoms with E-state index in [-0.39, 0.29) is 5.91 Å². The van der Waals surface area contributed by atoms with Crippen molar-refractivity contribution in [3.05, 3.63) is 47.0 Å². The smallest absolute Gasteiger partial charge is 0.224 e. The maximum Gasteiger partial charge on any atom is 0.224 e. The number of carbonyl (C=O) groups is 1. The van der Waals surface area contributed by atoms with E-state index in [1.54, 1.807) is 0 Å². The van der Waals surface area contributed by atoms with Gasteiger partial charge in [-0.05, 0) is 31.9 Å². The lowest BCUT2D eigenvalue weighted by Gasteiger charge is -2.08. The summed E-state index contributed by atoms with van der Waals surface area (Å²) in [6.07, 6.45) is 1.06. The maximum atomic E-state index is 12.3. The fraction of sp³-hybridized carbons (Fsp3) is 0.450. The number of imidazole rings is 1. The summed E-state index contributed by atoms with van der Waals surface area (Å²) in [5.41, 5.74) is 5.04. The molecular weight excluding hydrogens is 326 g/mol. The molecule has 0 aliphatic carbocycles. The van der Waals surface area contributed by atoms with Crippen LogP contribution in [-0.2, 0) is 24.2 Å². The molecule has 0 spiro atoms. The molecule has 0 aliphatic heterocycles. The van der Waals surface area contributed by atoms with Gasteiger partial charge in [-0.1, -0.05) is 26.0 Å². The van der Waals surface area contributed by atoms with Crippen LogP contribution in [0.1, 0.15) is 36.6 Å². The number of amides is 1. The number of hydrogen-bond acceptors (Lipinski definition) is 3. The van der Waals surface area contributed by atoms with Crippen LogP contribution < -0.4 is 5.32 Å². The standard InChI is InChI=1S/C20H27N5O/c1-13(2)12-25-15(4)16(14(3)24-25)11-20(26)21-10-9-19-22-17-7-5-6-8-18(17)23-19/h5-8,13H,9-12H2,1-4H3,(H,21,26)(H,22,23). The molecule has 0 unspecified atom stereocenters. The number of aromatic nitrogens is 4. The minimum atomic E-state index is 0.0245. The topological polar surface area (TPSA) is 75.6 Å². The van der Waals surface area contributed by atoms with Crippen molar-refractivity contribution in [2.45, 2.75) is 47.1 Å². The lowest BCUT2D eigenvalue weighted by Crippen LogP contribution is -2.27. The average molecular weight is 353 g/mol. The minimum absolute atomic E-state index is 0.0245. The van der Waals surface area contributed by atoms with E-state index < -0.39 is 0 Å². The lowest BCUT2D eigenvalue weighted by molar-refractivity contribution is -0.120. The van der Waals surface area contributed by atoms with Crippen LogP contribution in [-0.4, -0.2) is 32.2 Å². The number of para-hydroxylation sites is 2. The number of rotatable bonds is 7. The Hall–Kier alpha value is -2.63. The van der Waals surface area contributed by atoms with Gasteiger partial charge < -0.3 is 10.3 Å². The van der Waals surface area contributed by atoms with Gasteiger partial charge in [-0.15, -0.1) is 0 Å². The summed E-state index contributed by atoms with van der Waals surface area (Å²) >= 11 is 0. The van der Waals surface area contributed by atoms with E-state index >= 15 is 0 Å². The molecule has 138 valence electrons. The van der Waals surface area contributed by atoms with Crippen molar-refractivity contribution in [3.63, 3.8) is 0 Å². The number of carbonyl (C=O) groups excluding carboxylic acids is 1. The molecule has 0 saturated carbocycles. The van der Waals surface area contributed by atoms with Crippen molar-refractivity contribution in [1.82, 2.24) is 25.1 Å². The molecule has 0 radical (unpaired) electrons. The van der Waals surface area contributed by atoms with Crippen molar-refractivity contribution >= 4 is 16.9 Å². The van der Waals surface area contributed by atoms with Crippen molar-refractivity contribution < 1.29 is 4.79 Å². The molecule has 0 fully saturated rings. The summed E-state index contributed by atoms with van der Waals surface area (Å²) in [6, 6.07) is 7.94. The van der Waals surface area contributed by atoms with Gasteiger partial charge in [0.05, 0.1) is 23.1 Å². The highest BCUT2D eigenvalue weighted by molar-refractivity contribution is 5.79. The second kappa shape index (κ2) is 7.72. The molecular formula is C20H27N5O. The molecule has 0 saturated heterocycles. The molecule has 3 aromatic rings. The third-order valence-electron chi connectivity index (χ3n) is 4.53. The van der Waals surface area contributed by atoms with Crippen LogP contribution in [0.3, 0.4) is 0 Å². The van der Waals surface area contributed by atoms with Gasteiger partial charge in [0.1, 0.15) is 5.82 Å². The third kappa shape index (κ3) is 4.12. The number of benzene rings is 1. The normalized spacial score (nSPS) is 11.4. The Kier molecular flexibility index (Phi) is 5.40. The van der Waals surface area contributed by atoms with E-state index in [0.717, 1.165) is 40.4 Å². The number of aryl methyl sites for hydroxylation is 1. The Balaban J connectivity index is 1.55. The maximum absolute atomic E-state index is 12.3. The molecule has 1 aromatic carbocycles. The van der Waals surface area contributed by atoms with Crippen molar-refractivity contribution in [3.8, 4) is 0 Å². The van der Waals surface area contributed by atoms with Gasteiger partial charge in [-0.25, -0.2) is 4.98 Å². The number of fused-ring (bicyclic) bond motifs is 1. The molecule has 2 N–H and O–H groups in total. The molecule has 0 aliphatic rings. The molecule has 2 aromatic heterocycles. The second-order valence-corrected chi connectivity index (χ2v) is 7.20. The molecule has 2 heterocycles. The van der Waals surface area contributed by atoms with Crippen LogP contribution >= 0.6 is 0 Å². The van der Waals surface area contributed by atoms with E-state index in [1.165, 1.54) is 0 Å². The third-order valence-corrected chi connectivity index (χ3v) is 4.53. The van der Waals surface area contributed by atoms with Crippen molar-refractivity contribution in [1.29, 1.82) is 0 Å². The summed E-state index contributed by atoms with van der Waals surface area (Å²) in [7, 11) is 0. The quantitative estimate of drug-likeness (QED) is 0.686. The number of nitrogens with one attached hydrogen (secondary N) is 2. The Labute approximate surface area is 154 Å². The summed E-state index contributed by atoms with van der Waals surface area (Å²) in [5.74, 6) is 1.44. The SMILES string of the molecule is Cc1nn(CC(C)C)c(C)c1CC(=O)NCCc1nc2ccccc2[nH]1. The van der Waals surface area contributed by atoms with Gasteiger partial charge in [-0.3, -0.25) is 9.48 Å². The molecule has 3 rings (SSSR count). The zero-order valence-electron chi connectivity index (χ0n) is 16.0. The van der Waals surface area contributed by atoms with Gasteiger partial charge in [0.2, 0.25) is 5.91 Å². The summed E-state index contributed by atoms with van der Waals surface area (Å²) < 4.78 is 2.01. The predicted molar refractivity (Wildman–Crippen MR) is 103 cm³/mol. The van der Waals surface area contributed by atoms with Crippen molar-refractivity contribution in [2.24, 2.45) is 5.92 Å². The zero-order chi connectivity index (χ0) is 18.7. The van der Waals surface area contributed by atoms with E-state index in [0.29, 0.717) is 25.3 Å². The molecule has 0 bridgehead atoms. The Morgan fingerprint density at radius 1 is 1.27 bits per heavy atom. The first-order valence-corrected chi connectivity index (χ1v) is 9.17. The Morgan fingerprint density at radius 3 is 2.77 bits per heavy atom. The predicted octanol–water partition coefficient (Wildman–Crippen LogP) is 2.93. The van der Waals surface area contributed by atoms with Crippen LogP contribution in [0.15, 0.2) is 24.3 Å². The summed E-state index contributed by atoms with van der Waals surface area (Å²) in [4.78, 5) is 20.1. The summed E-state index contributed by atoms with van der Waals surface area (Å²) in [5, 5.41) is 7.57. The zero-order valence-corrected chi connectivity index (χ0v) is 16.0. The van der Waals surface area contributed by atoms with E-state index in [4.69, 9.17) is 0 Å². The molecule has 26 heavy (non-hydrogen) atoms. The van der Waals surface area contributed by atoms with Crippen LogP contribution in [0.4, 0.5) is 0 Å². The van der Waals surface area contributed by atoms with Crippen LogP contribution in [0, 0.1) is 19.8 Å². The van der Waals surface area contributed by atoms with Crippen LogP contribution in [0.5, 0.6) is 0 Å². The second-order valence-electron chi connectivity index (χ2n) is 7.20. The number of H-pyrrole nitrogens is 1. The average Bonchev–Trinajstić information content (AvgIpc) is 3.10. The van der Waals surface area contributed by atoms with E-state index in [1.807, 2.05) is 42.8 Å². The summed E-state index contributed by atoms with van der Waals surface area (Å²) in [6.45, 7) is 9.79. The Morgan fingerprint density at radius 2 is 2.04 bits per heavy atom. The minimum Gasteiger partial charge on any atom is -0.355 e. The lowest BCUT2D eigenvalue weighted by atomic mass is 10.1. The first kappa shape index (κ1) is 18.2. The van der Waals surface area contributed by atoms with Crippen LogP contribution in [0.2, 0.25) is 0 Å². The fourth-order valence-electron chi connectivity index (χ4n) is 3.18. The molecule has 0 atom stereocenters. The number of hydrogen-bond donors (Lipinski definition) is 2. The fourth-order valence-corrected chi connectivity index (χ4v) is 3.18.